The van der Waals surface area contributed by atoms with Gasteiger partial charge in [0.15, 0.2) is 9.84 Å². The summed E-state index contributed by atoms with van der Waals surface area (Å²) < 4.78 is 33.0. The topological polar surface area (TPSA) is 94.4 Å². The van der Waals surface area contributed by atoms with Crippen LogP contribution in [0.4, 0.5) is 11.4 Å². The third kappa shape index (κ3) is 6.14. The van der Waals surface area contributed by atoms with Crippen molar-refractivity contribution in [3.05, 3.63) is 61.2 Å². The second-order valence-corrected chi connectivity index (χ2v) is 7.20. The van der Waals surface area contributed by atoms with Gasteiger partial charge in [-0.05, 0) is 48.5 Å². The van der Waals surface area contributed by atoms with Gasteiger partial charge < -0.3 is 9.47 Å². The Morgan fingerprint density at radius 2 is 1.54 bits per heavy atom. The van der Waals surface area contributed by atoms with Gasteiger partial charge >= 0.3 is 5.97 Å². The van der Waals surface area contributed by atoms with Crippen LogP contribution in [0.3, 0.4) is 0 Å². The van der Waals surface area contributed by atoms with Crippen LogP contribution in [-0.2, 0) is 19.4 Å². The number of ether oxygens (including phenoxy) is 2. The predicted molar refractivity (Wildman–Crippen MR) is 96.8 cm³/mol. The zero-order valence-corrected chi connectivity index (χ0v) is 15.0. The Balaban J connectivity index is 1.89. The molecule has 0 bridgehead atoms. The number of azo groups is 1. The van der Waals surface area contributed by atoms with Crippen LogP contribution in [0.25, 0.3) is 0 Å². The fraction of sp³-hybridized carbons (Fsp3) is 0.167. The van der Waals surface area contributed by atoms with Crippen LogP contribution >= 0.6 is 0 Å². The third-order valence-corrected chi connectivity index (χ3v) is 4.27. The molecule has 0 saturated carbocycles. The Hall–Kier alpha value is -3.00. The highest BCUT2D eigenvalue weighted by Crippen LogP contribution is 2.22. The van der Waals surface area contributed by atoms with Crippen LogP contribution < -0.4 is 4.74 Å². The highest BCUT2D eigenvalue weighted by molar-refractivity contribution is 7.90. The molecule has 0 N–H and O–H groups in total. The molecule has 0 fully saturated rings. The second kappa shape index (κ2) is 8.91. The van der Waals surface area contributed by atoms with Crippen molar-refractivity contribution in [2.24, 2.45) is 10.2 Å². The Morgan fingerprint density at radius 3 is 2.04 bits per heavy atom. The molecule has 0 aliphatic heterocycles. The van der Waals surface area contributed by atoms with Crippen molar-refractivity contribution in [3.63, 3.8) is 0 Å². The number of hydrogen-bond donors (Lipinski definition) is 0. The average Bonchev–Trinajstić information content (AvgIpc) is 2.64. The zero-order chi connectivity index (χ0) is 19.0. The summed E-state index contributed by atoms with van der Waals surface area (Å²) >= 11 is 0. The Morgan fingerprint density at radius 1 is 1.00 bits per heavy atom. The van der Waals surface area contributed by atoms with Gasteiger partial charge in [-0.2, -0.15) is 10.2 Å². The lowest BCUT2D eigenvalue weighted by Gasteiger charge is -2.06. The van der Waals surface area contributed by atoms with E-state index in [1.807, 2.05) is 0 Å². The largest absolute Gasteiger partial charge is 0.490 e. The number of hydrogen-bond acceptors (Lipinski definition) is 7. The maximum atomic E-state index is 11.4. The molecule has 0 heterocycles. The van der Waals surface area contributed by atoms with E-state index < -0.39 is 15.8 Å². The molecule has 7 nitrogen and oxygen atoms in total. The molecular weight excluding hydrogens is 356 g/mol. The fourth-order valence-corrected chi connectivity index (χ4v) is 2.48. The molecule has 0 spiro atoms. The normalized spacial score (nSPS) is 11.3. The highest BCUT2D eigenvalue weighted by Gasteiger charge is 2.05. The quantitative estimate of drug-likeness (QED) is 0.304. The summed E-state index contributed by atoms with van der Waals surface area (Å²) in [7, 11) is -3.23. The van der Waals surface area contributed by atoms with E-state index in [-0.39, 0.29) is 18.1 Å². The van der Waals surface area contributed by atoms with Crippen LogP contribution in [0.1, 0.15) is 0 Å². The van der Waals surface area contributed by atoms with Gasteiger partial charge in [0.05, 0.1) is 16.3 Å². The summed E-state index contributed by atoms with van der Waals surface area (Å²) in [5.41, 5.74) is 1.16. The molecule has 0 radical (unpaired) electrons. The van der Waals surface area contributed by atoms with E-state index in [0.717, 1.165) is 12.3 Å². The Labute approximate surface area is 151 Å². The minimum Gasteiger partial charge on any atom is -0.490 e. The summed E-state index contributed by atoms with van der Waals surface area (Å²) in [5.74, 6) is 0.116. The summed E-state index contributed by atoms with van der Waals surface area (Å²) in [6.45, 7) is 3.66. The Bertz CT molecular complexity index is 888. The van der Waals surface area contributed by atoms with Crippen LogP contribution in [0.2, 0.25) is 0 Å². The van der Waals surface area contributed by atoms with Crippen molar-refractivity contribution in [2.75, 3.05) is 19.5 Å². The number of benzene rings is 2. The molecular formula is C18H18N2O5S. The van der Waals surface area contributed by atoms with Crippen LogP contribution in [0.15, 0.2) is 76.3 Å². The molecule has 8 heteroatoms. The van der Waals surface area contributed by atoms with Crippen LogP contribution in [0, 0.1) is 0 Å². The maximum absolute atomic E-state index is 11.4. The first-order valence-electron chi connectivity index (χ1n) is 7.62. The van der Waals surface area contributed by atoms with Crippen molar-refractivity contribution >= 4 is 27.2 Å². The van der Waals surface area contributed by atoms with Crippen molar-refractivity contribution in [1.82, 2.24) is 0 Å². The lowest BCUT2D eigenvalue weighted by molar-refractivity contribution is -0.138. The molecule has 0 atom stereocenters. The lowest BCUT2D eigenvalue weighted by Crippen LogP contribution is -2.09. The van der Waals surface area contributed by atoms with E-state index in [1.54, 1.807) is 36.4 Å². The van der Waals surface area contributed by atoms with Crippen molar-refractivity contribution in [2.45, 2.75) is 4.90 Å². The van der Waals surface area contributed by atoms with Gasteiger partial charge in [-0.15, -0.1) is 0 Å². The highest BCUT2D eigenvalue weighted by atomic mass is 32.2. The van der Waals surface area contributed by atoms with Crippen molar-refractivity contribution in [1.29, 1.82) is 0 Å². The molecule has 0 unspecified atom stereocenters. The van der Waals surface area contributed by atoms with Gasteiger partial charge in [-0.1, -0.05) is 6.58 Å². The minimum absolute atomic E-state index is 0.135. The first-order valence-corrected chi connectivity index (χ1v) is 9.51. The molecule has 2 aromatic rings. The summed E-state index contributed by atoms with van der Waals surface area (Å²) in [4.78, 5) is 11.1. The van der Waals surface area contributed by atoms with E-state index in [4.69, 9.17) is 9.47 Å². The number of rotatable bonds is 8. The van der Waals surface area contributed by atoms with Crippen molar-refractivity contribution < 1.29 is 22.7 Å². The van der Waals surface area contributed by atoms with Gasteiger partial charge in [0.2, 0.25) is 0 Å². The van der Waals surface area contributed by atoms with Gasteiger partial charge in [0, 0.05) is 12.3 Å². The molecule has 0 aliphatic carbocycles. The molecule has 0 aromatic heterocycles. The average molecular weight is 374 g/mol. The molecule has 2 rings (SSSR count). The van der Waals surface area contributed by atoms with Gasteiger partial charge in [-0.25, -0.2) is 13.2 Å². The van der Waals surface area contributed by atoms with E-state index in [9.17, 15) is 13.2 Å². The standard InChI is InChI=1S/C18H18N2O5S/c1-3-18(21)25-13-12-24-16-8-4-14(5-9-16)19-20-15-6-10-17(11-7-15)26(2,22)23/h3-11H,1,12-13H2,2H3/b20-19+. The molecule has 0 amide bonds. The van der Waals surface area contributed by atoms with E-state index in [1.165, 1.54) is 12.1 Å². The molecule has 2 aromatic carbocycles. The Kier molecular flexibility index (Phi) is 6.62. The number of carbonyl (C=O) groups is 1. The zero-order valence-electron chi connectivity index (χ0n) is 14.2. The summed E-state index contributed by atoms with van der Waals surface area (Å²) in [6.07, 6.45) is 2.24. The third-order valence-electron chi connectivity index (χ3n) is 3.15. The van der Waals surface area contributed by atoms with Gasteiger partial charge in [-0.3, -0.25) is 0 Å². The monoisotopic (exact) mass is 374 g/mol. The number of carbonyl (C=O) groups excluding carboxylic acids is 1. The maximum Gasteiger partial charge on any atom is 0.330 e. The summed E-state index contributed by atoms with van der Waals surface area (Å²) in [5, 5.41) is 8.14. The van der Waals surface area contributed by atoms with Crippen molar-refractivity contribution in [3.8, 4) is 5.75 Å². The number of sulfone groups is 1. The number of nitrogens with zero attached hydrogens (tertiary/aromatic N) is 2. The van der Waals surface area contributed by atoms with E-state index in [0.29, 0.717) is 17.1 Å². The smallest absolute Gasteiger partial charge is 0.330 e. The van der Waals surface area contributed by atoms with Crippen LogP contribution in [-0.4, -0.2) is 33.9 Å². The van der Waals surface area contributed by atoms with Gasteiger partial charge in [0.25, 0.3) is 0 Å². The van der Waals surface area contributed by atoms with E-state index >= 15 is 0 Å². The molecule has 26 heavy (non-hydrogen) atoms. The fourth-order valence-electron chi connectivity index (χ4n) is 1.85. The molecule has 136 valence electrons. The van der Waals surface area contributed by atoms with Gasteiger partial charge in [0.1, 0.15) is 19.0 Å². The first-order chi connectivity index (χ1) is 12.4. The van der Waals surface area contributed by atoms with E-state index in [2.05, 4.69) is 16.8 Å². The molecule has 0 aliphatic rings. The predicted octanol–water partition coefficient (Wildman–Crippen LogP) is 3.61. The second-order valence-electron chi connectivity index (χ2n) is 5.18. The minimum atomic E-state index is -3.23. The van der Waals surface area contributed by atoms with Crippen LogP contribution in [0.5, 0.6) is 5.75 Å². The molecule has 0 saturated heterocycles. The SMILES string of the molecule is C=CC(=O)OCCOc1ccc(/N=N/c2ccc(S(C)(=O)=O)cc2)cc1. The lowest BCUT2D eigenvalue weighted by atomic mass is 10.3. The summed E-state index contributed by atoms with van der Waals surface area (Å²) in [6, 6.07) is 13.0. The first kappa shape index (κ1) is 19.3. The number of esters is 1.